The van der Waals surface area contributed by atoms with Gasteiger partial charge in [0.25, 0.3) is 0 Å². The Kier molecular flexibility index (Phi) is 1.83. The van der Waals surface area contributed by atoms with Gasteiger partial charge in [0.05, 0.1) is 0 Å². The van der Waals surface area contributed by atoms with Crippen molar-refractivity contribution >= 4 is 22.9 Å². The van der Waals surface area contributed by atoms with Gasteiger partial charge in [0.2, 0.25) is 0 Å². The van der Waals surface area contributed by atoms with Crippen molar-refractivity contribution in [3.63, 3.8) is 0 Å². The second kappa shape index (κ2) is 2.44. The molecule has 0 fully saturated rings. The molecule has 0 amide bonds. The average molecular weight is 148 g/mol. The Hall–Kier alpha value is -0.120. The summed E-state index contributed by atoms with van der Waals surface area (Å²) in [7, 11) is 0. The second-order valence-corrected chi connectivity index (χ2v) is 2.95. The van der Waals surface area contributed by atoms with Gasteiger partial charge in [0.1, 0.15) is 0 Å². The lowest BCUT2D eigenvalue weighted by molar-refractivity contribution is 1.05. The third-order valence-corrected chi connectivity index (χ3v) is 1.81. The quantitative estimate of drug-likeness (QED) is 0.594. The van der Waals surface area contributed by atoms with Crippen molar-refractivity contribution in [3.8, 4) is 0 Å². The summed E-state index contributed by atoms with van der Waals surface area (Å²) in [6.45, 7) is 0.282. The third-order valence-electron chi connectivity index (χ3n) is 0.700. The average Bonchev–Trinajstić information content (AvgIpc) is 2.14. The molecule has 0 aliphatic rings. The molecule has 4 heteroatoms. The Labute approximate surface area is 56.3 Å². The van der Waals surface area contributed by atoms with Crippen molar-refractivity contribution in [1.82, 2.24) is 10.7 Å². The van der Waals surface area contributed by atoms with Gasteiger partial charge >= 0.3 is 0 Å². The molecule has 0 bridgehead atoms. The molecule has 1 radical (unpaired) electrons. The number of aromatic nitrogens is 1. The lowest BCUT2D eigenvalue weighted by Crippen LogP contribution is -1.74. The smallest absolute Gasteiger partial charge is 0.183 e. The molecule has 0 saturated carbocycles. The van der Waals surface area contributed by atoms with E-state index in [0.29, 0.717) is 4.47 Å². The Morgan fingerprint density at radius 3 is 2.88 bits per heavy atom. The van der Waals surface area contributed by atoms with E-state index in [2.05, 4.69) is 4.98 Å². The highest BCUT2D eigenvalue weighted by molar-refractivity contribution is 7.15. The third kappa shape index (κ3) is 1.18. The first-order valence-electron chi connectivity index (χ1n) is 2.07. The fraction of sp³-hybridized carbons (Fsp3) is 0.250. The molecular formula is C4H4ClN2S. The van der Waals surface area contributed by atoms with Crippen LogP contribution in [-0.4, -0.2) is 4.98 Å². The topological polar surface area (TPSA) is 36.7 Å². The molecule has 2 nitrogen and oxygen atoms in total. The van der Waals surface area contributed by atoms with Crippen LogP contribution in [0.2, 0.25) is 4.47 Å². The first-order valence-corrected chi connectivity index (χ1v) is 3.27. The van der Waals surface area contributed by atoms with Gasteiger partial charge in [-0.25, -0.2) is 4.98 Å². The molecule has 0 atom stereocenters. The molecule has 1 rings (SSSR count). The van der Waals surface area contributed by atoms with Gasteiger partial charge in [-0.2, -0.15) is 0 Å². The first kappa shape index (κ1) is 6.01. The van der Waals surface area contributed by atoms with Crippen LogP contribution in [0.15, 0.2) is 6.20 Å². The molecular weight excluding hydrogens is 144 g/mol. The summed E-state index contributed by atoms with van der Waals surface area (Å²) >= 11 is 6.82. The molecule has 43 valence electrons. The van der Waals surface area contributed by atoms with E-state index in [-0.39, 0.29) is 6.54 Å². The molecule has 0 spiro atoms. The van der Waals surface area contributed by atoms with Gasteiger partial charge in [0, 0.05) is 17.6 Å². The number of hydrogen-bond donors (Lipinski definition) is 0. The Balaban J connectivity index is 2.84. The van der Waals surface area contributed by atoms with E-state index in [1.54, 1.807) is 6.20 Å². The van der Waals surface area contributed by atoms with Gasteiger partial charge in [-0.3, -0.25) is 5.73 Å². The zero-order chi connectivity index (χ0) is 5.98. The Morgan fingerprint density at radius 1 is 1.88 bits per heavy atom. The summed E-state index contributed by atoms with van der Waals surface area (Å²) in [5.41, 5.74) is 6.87. The molecule has 1 aromatic rings. The minimum atomic E-state index is 0.282. The predicted octanol–water partition coefficient (Wildman–Crippen LogP) is 1.58. The highest BCUT2D eigenvalue weighted by Gasteiger charge is 1.93. The maximum absolute atomic E-state index is 6.87. The van der Waals surface area contributed by atoms with Crippen LogP contribution < -0.4 is 5.73 Å². The lowest BCUT2D eigenvalue weighted by Gasteiger charge is -1.77. The van der Waals surface area contributed by atoms with Gasteiger partial charge in [-0.05, 0) is 0 Å². The summed E-state index contributed by atoms with van der Waals surface area (Å²) in [6, 6.07) is 0. The van der Waals surface area contributed by atoms with Gasteiger partial charge in [-0.1, -0.05) is 11.6 Å². The number of hydrogen-bond acceptors (Lipinski definition) is 2. The van der Waals surface area contributed by atoms with E-state index in [9.17, 15) is 0 Å². The minimum absolute atomic E-state index is 0.282. The highest BCUT2D eigenvalue weighted by Crippen LogP contribution is 2.16. The van der Waals surface area contributed by atoms with Crippen molar-refractivity contribution in [3.05, 3.63) is 15.5 Å². The fourth-order valence-electron chi connectivity index (χ4n) is 0.365. The summed E-state index contributed by atoms with van der Waals surface area (Å²) in [4.78, 5) is 4.66. The zero-order valence-electron chi connectivity index (χ0n) is 4.02. The fourth-order valence-corrected chi connectivity index (χ4v) is 1.21. The SMILES string of the molecule is [NH]Cc1cnc(Cl)s1. The van der Waals surface area contributed by atoms with E-state index in [4.69, 9.17) is 17.3 Å². The van der Waals surface area contributed by atoms with Crippen LogP contribution in [0.4, 0.5) is 0 Å². The molecule has 0 aliphatic carbocycles. The summed E-state index contributed by atoms with van der Waals surface area (Å²) < 4.78 is 0.521. The highest BCUT2D eigenvalue weighted by atomic mass is 35.5. The molecule has 1 N–H and O–H groups in total. The van der Waals surface area contributed by atoms with Crippen LogP contribution >= 0.6 is 22.9 Å². The molecule has 0 unspecified atom stereocenters. The summed E-state index contributed by atoms with van der Waals surface area (Å²) in [6.07, 6.45) is 1.62. The number of nitrogens with one attached hydrogen (secondary N) is 1. The van der Waals surface area contributed by atoms with Crippen LogP contribution in [0.25, 0.3) is 0 Å². The van der Waals surface area contributed by atoms with Crippen LogP contribution in [-0.2, 0) is 6.54 Å². The van der Waals surface area contributed by atoms with Crippen molar-refractivity contribution in [2.75, 3.05) is 0 Å². The summed E-state index contributed by atoms with van der Waals surface area (Å²) in [5.74, 6) is 0. The minimum Gasteiger partial charge on any atom is -0.252 e. The normalized spacial score (nSPS) is 9.75. The van der Waals surface area contributed by atoms with Gasteiger partial charge in [-0.15, -0.1) is 11.3 Å². The van der Waals surface area contributed by atoms with E-state index in [1.807, 2.05) is 0 Å². The molecule has 0 aliphatic heterocycles. The van der Waals surface area contributed by atoms with Gasteiger partial charge in [0.15, 0.2) is 4.47 Å². The first-order chi connectivity index (χ1) is 3.83. The van der Waals surface area contributed by atoms with Crippen LogP contribution in [0, 0.1) is 0 Å². The van der Waals surface area contributed by atoms with E-state index in [1.165, 1.54) is 11.3 Å². The molecule has 8 heavy (non-hydrogen) atoms. The number of thiazole rings is 1. The molecule has 0 saturated heterocycles. The summed E-state index contributed by atoms with van der Waals surface area (Å²) in [5, 5.41) is 0. The van der Waals surface area contributed by atoms with Crippen molar-refractivity contribution in [2.24, 2.45) is 0 Å². The number of halogens is 1. The molecule has 1 aromatic heterocycles. The van der Waals surface area contributed by atoms with Crippen LogP contribution in [0.1, 0.15) is 4.88 Å². The zero-order valence-corrected chi connectivity index (χ0v) is 5.59. The number of rotatable bonds is 1. The Bertz CT molecular complexity index is 174. The maximum Gasteiger partial charge on any atom is 0.183 e. The lowest BCUT2D eigenvalue weighted by atomic mass is 10.6. The van der Waals surface area contributed by atoms with E-state index >= 15 is 0 Å². The molecule has 1 heterocycles. The standard InChI is InChI=1S/C4H4ClN2S/c5-4-7-2-3(1-6)8-4/h2,6H,1H2. The maximum atomic E-state index is 6.87. The number of nitrogens with zero attached hydrogens (tertiary/aromatic N) is 1. The second-order valence-electron chi connectivity index (χ2n) is 1.26. The van der Waals surface area contributed by atoms with Crippen molar-refractivity contribution in [2.45, 2.75) is 6.54 Å². The van der Waals surface area contributed by atoms with Gasteiger partial charge < -0.3 is 0 Å². The molecule has 0 aromatic carbocycles. The predicted molar refractivity (Wildman–Crippen MR) is 33.9 cm³/mol. The van der Waals surface area contributed by atoms with Crippen LogP contribution in [0.5, 0.6) is 0 Å². The largest absolute Gasteiger partial charge is 0.252 e. The Morgan fingerprint density at radius 2 is 2.62 bits per heavy atom. The van der Waals surface area contributed by atoms with Crippen molar-refractivity contribution in [1.29, 1.82) is 0 Å². The van der Waals surface area contributed by atoms with Crippen molar-refractivity contribution < 1.29 is 0 Å². The van der Waals surface area contributed by atoms with E-state index < -0.39 is 0 Å². The monoisotopic (exact) mass is 147 g/mol. The van der Waals surface area contributed by atoms with Crippen LogP contribution in [0.3, 0.4) is 0 Å². The van der Waals surface area contributed by atoms with E-state index in [0.717, 1.165) is 4.88 Å².